The van der Waals surface area contributed by atoms with Crippen LogP contribution in [0.3, 0.4) is 0 Å². The molecule has 0 aromatic carbocycles. The Morgan fingerprint density at radius 1 is 0.619 bits per heavy atom. The first-order chi connectivity index (χ1) is 10.3. The van der Waals surface area contributed by atoms with E-state index in [-0.39, 0.29) is 0 Å². The van der Waals surface area contributed by atoms with Gasteiger partial charge in [-0.3, -0.25) is 0 Å². The van der Waals surface area contributed by atoms with E-state index in [9.17, 15) is 4.39 Å². The summed E-state index contributed by atoms with van der Waals surface area (Å²) < 4.78 is 13.6. The van der Waals surface area contributed by atoms with Crippen LogP contribution in [0.15, 0.2) is 0 Å². The third kappa shape index (κ3) is 18.1. The highest BCUT2D eigenvalue weighted by Gasteiger charge is 2.05. The third-order valence-electron chi connectivity index (χ3n) is 4.49. The second-order valence-electron chi connectivity index (χ2n) is 6.77. The minimum absolute atomic E-state index is 0.516. The zero-order chi connectivity index (χ0) is 15.6. The smallest absolute Gasteiger partial charge is 0.100 e. The van der Waals surface area contributed by atoms with Crippen LogP contribution in [-0.4, -0.2) is 16.4 Å². The van der Waals surface area contributed by atoms with Crippen LogP contribution in [-0.2, 0) is 0 Å². The highest BCUT2D eigenvalue weighted by Crippen LogP contribution is 2.16. The van der Waals surface area contributed by atoms with Crippen molar-refractivity contribution in [1.29, 1.82) is 0 Å². The summed E-state index contributed by atoms with van der Waals surface area (Å²) in [4.78, 5) is 0. The van der Waals surface area contributed by atoms with Crippen LogP contribution in [0.5, 0.6) is 0 Å². The third-order valence-corrected chi connectivity index (χ3v) is 5.20. The Bertz CT molecular complexity index is 184. The van der Waals surface area contributed by atoms with Crippen molar-refractivity contribution in [2.45, 2.75) is 122 Å². The molecule has 0 rings (SSSR count). The normalized spacial score (nSPS) is 12.9. The summed E-state index contributed by atoms with van der Waals surface area (Å²) in [6, 6.07) is 1.38. The standard InChI is InChI=1S/C19H41FSi/c1-2-3-4-5-6-7-8-9-10-11-13-16-19(20)17-14-12-15-18-21/h19H,2-18H2,1,21H3. The molecule has 0 aliphatic carbocycles. The Kier molecular flexibility index (Phi) is 18.3. The molecule has 0 aromatic heterocycles. The monoisotopic (exact) mass is 316 g/mol. The minimum Gasteiger partial charge on any atom is -0.247 e. The van der Waals surface area contributed by atoms with E-state index in [4.69, 9.17) is 0 Å². The van der Waals surface area contributed by atoms with Gasteiger partial charge in [-0.1, -0.05) is 103 Å². The molecule has 2 heteroatoms. The molecule has 0 radical (unpaired) electrons. The number of hydrogen-bond acceptors (Lipinski definition) is 0. The lowest BCUT2D eigenvalue weighted by Crippen LogP contribution is -1.99. The van der Waals surface area contributed by atoms with Crippen LogP contribution in [0.2, 0.25) is 6.04 Å². The molecule has 21 heavy (non-hydrogen) atoms. The number of unbranched alkanes of at least 4 members (excludes halogenated alkanes) is 12. The van der Waals surface area contributed by atoms with E-state index >= 15 is 0 Å². The molecule has 1 atom stereocenters. The average molecular weight is 317 g/mol. The maximum absolute atomic E-state index is 13.6. The summed E-state index contributed by atoms with van der Waals surface area (Å²) >= 11 is 0. The molecule has 0 amide bonds. The van der Waals surface area contributed by atoms with E-state index in [1.54, 1.807) is 0 Å². The van der Waals surface area contributed by atoms with Gasteiger partial charge in [-0.05, 0) is 12.8 Å². The molecule has 0 saturated carbocycles. The Balaban J connectivity index is 3.07. The SMILES string of the molecule is CCCCCCCCCCCCCC(F)CCCCC[SiH3]. The first-order valence-corrected chi connectivity index (χ1v) is 11.4. The quantitative estimate of drug-likeness (QED) is 0.216. The van der Waals surface area contributed by atoms with Gasteiger partial charge >= 0.3 is 0 Å². The molecule has 0 aliphatic heterocycles. The van der Waals surface area contributed by atoms with Crippen LogP contribution in [0.4, 0.5) is 4.39 Å². The van der Waals surface area contributed by atoms with E-state index in [1.165, 1.54) is 93.3 Å². The summed E-state index contributed by atoms with van der Waals surface area (Å²) in [5, 5.41) is 0. The largest absolute Gasteiger partial charge is 0.247 e. The highest BCUT2D eigenvalue weighted by molar-refractivity contribution is 6.08. The molecule has 0 spiro atoms. The predicted molar refractivity (Wildman–Crippen MR) is 99.2 cm³/mol. The first-order valence-electron chi connectivity index (χ1n) is 9.95. The average Bonchev–Trinajstić information content (AvgIpc) is 2.49. The molecule has 0 bridgehead atoms. The lowest BCUT2D eigenvalue weighted by Gasteiger charge is -2.07. The number of hydrogen-bond donors (Lipinski definition) is 0. The van der Waals surface area contributed by atoms with E-state index in [2.05, 4.69) is 6.92 Å². The molecular formula is C19H41FSi. The summed E-state index contributed by atoms with van der Waals surface area (Å²) in [7, 11) is 1.31. The lowest BCUT2D eigenvalue weighted by molar-refractivity contribution is 0.279. The zero-order valence-corrected chi connectivity index (χ0v) is 17.0. The molecule has 1 unspecified atom stereocenters. The van der Waals surface area contributed by atoms with Gasteiger partial charge in [0, 0.05) is 10.2 Å². The fourth-order valence-electron chi connectivity index (χ4n) is 2.97. The van der Waals surface area contributed by atoms with Gasteiger partial charge in [0.05, 0.1) is 0 Å². The number of alkyl halides is 1. The van der Waals surface area contributed by atoms with Crippen molar-refractivity contribution >= 4 is 10.2 Å². The number of rotatable bonds is 17. The molecule has 128 valence electrons. The first kappa shape index (κ1) is 21.1. The molecule has 0 fully saturated rings. The van der Waals surface area contributed by atoms with E-state index in [0.717, 1.165) is 25.7 Å². The molecule has 0 aliphatic rings. The molecule has 0 heterocycles. The maximum Gasteiger partial charge on any atom is 0.100 e. The second kappa shape index (κ2) is 18.2. The summed E-state index contributed by atoms with van der Waals surface area (Å²) in [5.41, 5.74) is 0. The van der Waals surface area contributed by atoms with Gasteiger partial charge in [0.2, 0.25) is 0 Å². The van der Waals surface area contributed by atoms with Gasteiger partial charge in [0.1, 0.15) is 6.17 Å². The molecule has 0 nitrogen and oxygen atoms in total. The Morgan fingerprint density at radius 2 is 1.00 bits per heavy atom. The Labute approximate surface area is 137 Å². The summed E-state index contributed by atoms with van der Waals surface area (Å²) in [6.45, 7) is 2.27. The van der Waals surface area contributed by atoms with Crippen LogP contribution in [0, 0.1) is 0 Å². The van der Waals surface area contributed by atoms with Gasteiger partial charge < -0.3 is 0 Å². The fraction of sp³-hybridized carbons (Fsp3) is 1.00. The van der Waals surface area contributed by atoms with Gasteiger partial charge in [0.15, 0.2) is 0 Å². The van der Waals surface area contributed by atoms with Crippen molar-refractivity contribution in [3.05, 3.63) is 0 Å². The van der Waals surface area contributed by atoms with Crippen LogP contribution >= 0.6 is 0 Å². The van der Waals surface area contributed by atoms with Gasteiger partial charge in [-0.2, -0.15) is 0 Å². The number of halogens is 1. The minimum atomic E-state index is -0.516. The maximum atomic E-state index is 13.6. The van der Waals surface area contributed by atoms with Gasteiger partial charge in [-0.25, -0.2) is 4.39 Å². The van der Waals surface area contributed by atoms with Crippen molar-refractivity contribution in [1.82, 2.24) is 0 Å². The predicted octanol–water partition coefficient (Wildman–Crippen LogP) is 6.37. The van der Waals surface area contributed by atoms with Crippen molar-refractivity contribution in [2.75, 3.05) is 0 Å². The van der Waals surface area contributed by atoms with Gasteiger partial charge in [0.25, 0.3) is 0 Å². The van der Waals surface area contributed by atoms with E-state index < -0.39 is 6.17 Å². The van der Waals surface area contributed by atoms with Crippen molar-refractivity contribution < 1.29 is 4.39 Å². The second-order valence-corrected chi connectivity index (χ2v) is 7.77. The molecule has 0 saturated heterocycles. The van der Waals surface area contributed by atoms with Crippen LogP contribution < -0.4 is 0 Å². The van der Waals surface area contributed by atoms with Crippen molar-refractivity contribution in [2.24, 2.45) is 0 Å². The topological polar surface area (TPSA) is 0 Å². The van der Waals surface area contributed by atoms with E-state index in [1.807, 2.05) is 0 Å². The Morgan fingerprint density at radius 3 is 1.43 bits per heavy atom. The molecule has 0 N–H and O–H groups in total. The lowest BCUT2D eigenvalue weighted by atomic mass is 10.0. The highest BCUT2D eigenvalue weighted by atomic mass is 28.1. The molecular weight excluding hydrogens is 275 g/mol. The molecule has 0 aromatic rings. The van der Waals surface area contributed by atoms with Crippen LogP contribution in [0.1, 0.15) is 110 Å². The van der Waals surface area contributed by atoms with Gasteiger partial charge in [-0.15, -0.1) is 0 Å². The Hall–Kier alpha value is 0.147. The van der Waals surface area contributed by atoms with Crippen molar-refractivity contribution in [3.8, 4) is 0 Å². The summed E-state index contributed by atoms with van der Waals surface area (Å²) in [6.07, 6.45) is 19.7. The van der Waals surface area contributed by atoms with E-state index in [0.29, 0.717) is 0 Å². The van der Waals surface area contributed by atoms with Crippen LogP contribution in [0.25, 0.3) is 0 Å². The summed E-state index contributed by atoms with van der Waals surface area (Å²) in [5.74, 6) is 0. The zero-order valence-electron chi connectivity index (χ0n) is 15.0. The van der Waals surface area contributed by atoms with Crippen molar-refractivity contribution in [3.63, 3.8) is 0 Å². The fourth-order valence-corrected chi connectivity index (χ4v) is 3.47.